The molecular formula is C24H15BrClFN4O2. The molecule has 33 heavy (non-hydrogen) atoms. The van der Waals surface area contributed by atoms with Crippen LogP contribution in [-0.2, 0) is 0 Å². The van der Waals surface area contributed by atoms with Crippen LogP contribution in [0.1, 0.15) is 37.9 Å². The molecule has 1 atom stereocenters. The lowest BCUT2D eigenvalue weighted by Crippen LogP contribution is -2.21. The van der Waals surface area contributed by atoms with Crippen LogP contribution in [0.3, 0.4) is 0 Å². The fourth-order valence-corrected chi connectivity index (χ4v) is 4.51. The molecule has 0 radical (unpaired) electrons. The number of carbonyl (C=O) groups is 2. The lowest BCUT2D eigenvalue weighted by atomic mass is 9.96. The van der Waals surface area contributed by atoms with Crippen molar-refractivity contribution in [2.24, 2.45) is 0 Å². The van der Waals surface area contributed by atoms with E-state index in [1.807, 2.05) is 30.3 Å². The highest BCUT2D eigenvalue weighted by Gasteiger charge is 2.34. The summed E-state index contributed by atoms with van der Waals surface area (Å²) in [6, 6.07) is 16.0. The molecule has 0 saturated carbocycles. The fourth-order valence-electron chi connectivity index (χ4n) is 3.83. The summed E-state index contributed by atoms with van der Waals surface area (Å²) < 4.78 is 16.2. The average Bonchev–Trinajstić information content (AvgIpc) is 3.42. The molecule has 164 valence electrons. The maximum Gasteiger partial charge on any atom is 0.258 e. The molecule has 1 unspecified atom stereocenters. The summed E-state index contributed by atoms with van der Waals surface area (Å²) >= 11 is 9.70. The van der Waals surface area contributed by atoms with Crippen molar-refractivity contribution in [1.82, 2.24) is 15.1 Å². The molecule has 0 fully saturated rings. The topological polar surface area (TPSA) is 76.0 Å². The van der Waals surface area contributed by atoms with Crippen molar-refractivity contribution in [2.45, 2.75) is 6.04 Å². The predicted octanol–water partition coefficient (Wildman–Crippen LogP) is 5.51. The van der Waals surface area contributed by atoms with Gasteiger partial charge in [-0.3, -0.25) is 9.59 Å². The number of nitrogens with one attached hydrogen (secondary N) is 2. The molecule has 2 amide bonds. The third kappa shape index (κ3) is 4.03. The summed E-state index contributed by atoms with van der Waals surface area (Å²) in [4.78, 5) is 25.7. The van der Waals surface area contributed by atoms with Gasteiger partial charge in [-0.2, -0.15) is 5.10 Å². The second kappa shape index (κ2) is 8.46. The molecule has 9 heteroatoms. The monoisotopic (exact) mass is 524 g/mol. The Morgan fingerprint density at radius 1 is 1.15 bits per heavy atom. The zero-order valence-corrected chi connectivity index (χ0v) is 19.2. The Morgan fingerprint density at radius 2 is 1.94 bits per heavy atom. The van der Waals surface area contributed by atoms with Gasteiger partial charge in [0.05, 0.1) is 23.5 Å². The number of hydrogen-bond acceptors (Lipinski definition) is 3. The molecule has 0 aliphatic carbocycles. The van der Waals surface area contributed by atoms with E-state index in [0.29, 0.717) is 37.4 Å². The van der Waals surface area contributed by atoms with Crippen molar-refractivity contribution in [3.63, 3.8) is 0 Å². The Morgan fingerprint density at radius 3 is 2.73 bits per heavy atom. The van der Waals surface area contributed by atoms with Crippen LogP contribution in [0.2, 0.25) is 5.02 Å². The molecule has 6 nitrogen and oxygen atoms in total. The van der Waals surface area contributed by atoms with Gasteiger partial charge in [0.25, 0.3) is 11.8 Å². The van der Waals surface area contributed by atoms with E-state index in [2.05, 4.69) is 31.7 Å². The highest BCUT2D eigenvalue weighted by atomic mass is 79.9. The van der Waals surface area contributed by atoms with E-state index in [1.165, 1.54) is 24.4 Å². The predicted molar refractivity (Wildman–Crippen MR) is 126 cm³/mol. The maximum absolute atomic E-state index is 14.0. The van der Waals surface area contributed by atoms with E-state index in [-0.39, 0.29) is 5.91 Å². The fraction of sp³-hybridized carbons (Fsp3) is 0.0417. The number of nitrogens with zero attached hydrogens (tertiary/aromatic N) is 2. The third-order valence-corrected chi connectivity index (χ3v) is 6.14. The molecule has 0 bridgehead atoms. The summed E-state index contributed by atoms with van der Waals surface area (Å²) in [6.07, 6.45) is 3.08. The first-order chi connectivity index (χ1) is 15.9. The van der Waals surface area contributed by atoms with Crippen molar-refractivity contribution < 1.29 is 14.0 Å². The summed E-state index contributed by atoms with van der Waals surface area (Å²) in [5.74, 6) is -1.22. The Hall–Kier alpha value is -3.49. The van der Waals surface area contributed by atoms with E-state index in [9.17, 15) is 14.0 Å². The summed E-state index contributed by atoms with van der Waals surface area (Å²) in [7, 11) is 0. The molecule has 1 aromatic heterocycles. The van der Waals surface area contributed by atoms with Gasteiger partial charge >= 0.3 is 0 Å². The minimum Gasteiger partial charge on any atom is -0.341 e. The second-order valence-corrected chi connectivity index (χ2v) is 8.77. The number of hydrogen-bond donors (Lipinski definition) is 2. The third-order valence-electron chi connectivity index (χ3n) is 5.34. The summed E-state index contributed by atoms with van der Waals surface area (Å²) in [5.41, 5.74) is 2.84. The number of aromatic nitrogens is 2. The minimum absolute atomic E-state index is 0.305. The van der Waals surface area contributed by atoms with E-state index in [4.69, 9.17) is 11.6 Å². The Balaban J connectivity index is 1.52. The van der Waals surface area contributed by atoms with Crippen LogP contribution < -0.4 is 10.6 Å². The van der Waals surface area contributed by atoms with Crippen LogP contribution in [0.5, 0.6) is 0 Å². The maximum atomic E-state index is 14.0. The Labute approximate surface area is 201 Å². The van der Waals surface area contributed by atoms with Crippen LogP contribution >= 0.6 is 27.5 Å². The molecule has 0 spiro atoms. The number of amides is 2. The van der Waals surface area contributed by atoms with Gasteiger partial charge in [-0.25, -0.2) is 9.07 Å². The van der Waals surface area contributed by atoms with E-state index in [0.717, 1.165) is 5.69 Å². The van der Waals surface area contributed by atoms with Gasteiger partial charge in [-0.1, -0.05) is 45.7 Å². The number of rotatable bonds is 4. The second-order valence-electron chi connectivity index (χ2n) is 7.45. The van der Waals surface area contributed by atoms with Crippen LogP contribution in [0.15, 0.2) is 77.5 Å². The van der Waals surface area contributed by atoms with Crippen molar-refractivity contribution in [1.29, 1.82) is 0 Å². The smallest absolute Gasteiger partial charge is 0.258 e. The molecule has 2 N–H and O–H groups in total. The van der Waals surface area contributed by atoms with E-state index in [1.54, 1.807) is 23.0 Å². The molecular weight excluding hydrogens is 511 g/mol. The number of fused-ring (bicyclic) bond motifs is 1. The van der Waals surface area contributed by atoms with Gasteiger partial charge < -0.3 is 10.6 Å². The van der Waals surface area contributed by atoms with Gasteiger partial charge in [0, 0.05) is 38.1 Å². The van der Waals surface area contributed by atoms with E-state index < -0.39 is 17.8 Å². The van der Waals surface area contributed by atoms with Crippen molar-refractivity contribution in [2.75, 3.05) is 5.32 Å². The van der Waals surface area contributed by atoms with Gasteiger partial charge in [-0.05, 0) is 42.5 Å². The minimum atomic E-state index is -0.717. The van der Waals surface area contributed by atoms with Crippen LogP contribution in [0.4, 0.5) is 10.1 Å². The highest BCUT2D eigenvalue weighted by molar-refractivity contribution is 9.10. The normalized spacial score (nSPS) is 14.6. The van der Waals surface area contributed by atoms with Crippen molar-refractivity contribution >= 4 is 45.0 Å². The SMILES string of the molecule is O=C(Nc1cc(Br)cc2c1C(c1cc(F)ccc1Cl)NC2=O)c1cnn(-c2ccccc2)c1. The molecule has 5 rings (SSSR count). The van der Waals surface area contributed by atoms with Crippen LogP contribution in [-0.4, -0.2) is 21.6 Å². The Kier molecular flexibility index (Phi) is 5.47. The van der Waals surface area contributed by atoms with Gasteiger partial charge in [-0.15, -0.1) is 0 Å². The first-order valence-electron chi connectivity index (χ1n) is 9.91. The molecule has 1 aliphatic rings. The lowest BCUT2D eigenvalue weighted by Gasteiger charge is -2.18. The van der Waals surface area contributed by atoms with Crippen molar-refractivity contribution in [3.05, 3.63) is 111 Å². The van der Waals surface area contributed by atoms with E-state index >= 15 is 0 Å². The first-order valence-corrected chi connectivity index (χ1v) is 11.1. The van der Waals surface area contributed by atoms with Gasteiger partial charge in [0.15, 0.2) is 0 Å². The number of para-hydroxylation sites is 1. The zero-order valence-electron chi connectivity index (χ0n) is 16.9. The van der Waals surface area contributed by atoms with Crippen LogP contribution in [0.25, 0.3) is 5.69 Å². The quantitative estimate of drug-likeness (QED) is 0.369. The summed E-state index contributed by atoms with van der Waals surface area (Å²) in [6.45, 7) is 0. The highest BCUT2D eigenvalue weighted by Crippen LogP contribution is 2.41. The zero-order chi connectivity index (χ0) is 23.1. The first kappa shape index (κ1) is 21.4. The largest absolute Gasteiger partial charge is 0.341 e. The van der Waals surface area contributed by atoms with Gasteiger partial charge in [0.2, 0.25) is 0 Å². The number of halogens is 3. The van der Waals surface area contributed by atoms with Crippen molar-refractivity contribution in [3.8, 4) is 5.69 Å². The molecule has 4 aromatic rings. The Bertz CT molecular complexity index is 1410. The summed E-state index contributed by atoms with van der Waals surface area (Å²) in [5, 5.41) is 10.3. The standard InChI is InChI=1S/C24H15BrClFN4O2/c25-14-8-18-21(22(30-24(18)33)17-10-15(27)6-7-19(17)26)20(9-14)29-23(32)13-11-28-31(12-13)16-4-2-1-3-5-16/h1-12,22H,(H,29,32)(H,30,33). The number of anilines is 1. The van der Waals surface area contributed by atoms with Crippen LogP contribution in [0, 0.1) is 5.82 Å². The number of carbonyl (C=O) groups excluding carboxylic acids is 2. The molecule has 1 aliphatic heterocycles. The molecule has 3 aromatic carbocycles. The molecule has 2 heterocycles. The molecule has 0 saturated heterocycles. The lowest BCUT2D eigenvalue weighted by molar-refractivity contribution is 0.0959. The van der Waals surface area contributed by atoms with Gasteiger partial charge in [0.1, 0.15) is 5.82 Å². The average molecular weight is 526 g/mol. The number of benzene rings is 3.